The first-order valence-electron chi connectivity index (χ1n) is 4.90. The molecule has 92 valence electrons. The highest BCUT2D eigenvalue weighted by Crippen LogP contribution is 2.24. The minimum absolute atomic E-state index is 0.0756. The highest BCUT2D eigenvalue weighted by Gasteiger charge is 2.42. The summed E-state index contributed by atoms with van der Waals surface area (Å²) in [5.74, 6) is 0. The van der Waals surface area contributed by atoms with Gasteiger partial charge in [-0.3, -0.25) is 0 Å². The van der Waals surface area contributed by atoms with Crippen LogP contribution in [0.2, 0.25) is 0 Å². The molecule has 3 nitrogen and oxygen atoms in total. The van der Waals surface area contributed by atoms with Gasteiger partial charge in [0.05, 0.1) is 6.10 Å². The Hall–Kier alpha value is -0.330. The van der Waals surface area contributed by atoms with Gasteiger partial charge in [-0.2, -0.15) is 13.2 Å². The summed E-state index contributed by atoms with van der Waals surface area (Å²) >= 11 is 0. The van der Waals surface area contributed by atoms with Crippen molar-refractivity contribution in [2.75, 3.05) is 13.2 Å². The van der Waals surface area contributed by atoms with Crippen molar-refractivity contribution in [2.45, 2.75) is 44.6 Å². The van der Waals surface area contributed by atoms with Gasteiger partial charge in [-0.15, -0.1) is 0 Å². The molecule has 0 spiro atoms. The topological polar surface area (TPSA) is 49.7 Å². The molecule has 0 amide bonds. The number of aliphatic hydroxyl groups excluding tert-OH is 2. The SMILES string of the molecule is CCOCCCC[C@@H](O)[C@H](O)C(F)(F)F. The van der Waals surface area contributed by atoms with Crippen LogP contribution in [0.15, 0.2) is 0 Å². The fraction of sp³-hybridized carbons (Fsp3) is 1.00. The highest BCUT2D eigenvalue weighted by atomic mass is 19.4. The van der Waals surface area contributed by atoms with E-state index in [-0.39, 0.29) is 6.42 Å². The van der Waals surface area contributed by atoms with Crippen LogP contribution in [0, 0.1) is 0 Å². The molecule has 0 rings (SSSR count). The van der Waals surface area contributed by atoms with Gasteiger partial charge in [0, 0.05) is 13.2 Å². The molecule has 0 bridgehead atoms. The van der Waals surface area contributed by atoms with Crippen LogP contribution in [-0.4, -0.2) is 41.8 Å². The van der Waals surface area contributed by atoms with E-state index in [1.807, 2.05) is 6.92 Å². The van der Waals surface area contributed by atoms with E-state index in [0.717, 1.165) is 0 Å². The molecular formula is C9H17F3O3. The molecular weight excluding hydrogens is 213 g/mol. The van der Waals surface area contributed by atoms with E-state index in [4.69, 9.17) is 14.9 Å². The van der Waals surface area contributed by atoms with Gasteiger partial charge in [0.15, 0.2) is 6.10 Å². The van der Waals surface area contributed by atoms with Crippen molar-refractivity contribution in [1.29, 1.82) is 0 Å². The van der Waals surface area contributed by atoms with Crippen LogP contribution in [0.5, 0.6) is 0 Å². The summed E-state index contributed by atoms with van der Waals surface area (Å²) in [6.45, 7) is 2.85. The third kappa shape index (κ3) is 6.70. The van der Waals surface area contributed by atoms with Crippen LogP contribution >= 0.6 is 0 Å². The van der Waals surface area contributed by atoms with Crippen LogP contribution < -0.4 is 0 Å². The number of alkyl halides is 3. The molecule has 0 aromatic rings. The lowest BCUT2D eigenvalue weighted by Gasteiger charge is -2.20. The van der Waals surface area contributed by atoms with E-state index >= 15 is 0 Å². The summed E-state index contributed by atoms with van der Waals surface area (Å²) in [5.41, 5.74) is 0. The predicted octanol–water partition coefficient (Wildman–Crippen LogP) is 1.48. The summed E-state index contributed by atoms with van der Waals surface area (Å²) in [4.78, 5) is 0. The number of halogens is 3. The molecule has 15 heavy (non-hydrogen) atoms. The van der Waals surface area contributed by atoms with Gasteiger partial charge >= 0.3 is 6.18 Å². The van der Waals surface area contributed by atoms with Crippen molar-refractivity contribution in [1.82, 2.24) is 0 Å². The van der Waals surface area contributed by atoms with Crippen molar-refractivity contribution in [3.05, 3.63) is 0 Å². The van der Waals surface area contributed by atoms with E-state index in [9.17, 15) is 13.2 Å². The Morgan fingerprint density at radius 1 is 1.20 bits per heavy atom. The molecule has 0 unspecified atom stereocenters. The predicted molar refractivity (Wildman–Crippen MR) is 48.4 cm³/mol. The maximum absolute atomic E-state index is 11.9. The van der Waals surface area contributed by atoms with E-state index in [0.29, 0.717) is 26.1 Å². The van der Waals surface area contributed by atoms with Crippen LogP contribution in [0.4, 0.5) is 13.2 Å². The lowest BCUT2D eigenvalue weighted by molar-refractivity contribution is -0.230. The van der Waals surface area contributed by atoms with Gasteiger partial charge in [-0.1, -0.05) is 0 Å². The van der Waals surface area contributed by atoms with Gasteiger partial charge in [-0.25, -0.2) is 0 Å². The summed E-state index contributed by atoms with van der Waals surface area (Å²) in [6, 6.07) is 0. The van der Waals surface area contributed by atoms with E-state index < -0.39 is 18.4 Å². The second-order valence-corrected chi connectivity index (χ2v) is 3.25. The van der Waals surface area contributed by atoms with Crippen molar-refractivity contribution in [3.63, 3.8) is 0 Å². The van der Waals surface area contributed by atoms with Crippen molar-refractivity contribution in [2.24, 2.45) is 0 Å². The van der Waals surface area contributed by atoms with Crippen LogP contribution in [0.1, 0.15) is 26.2 Å². The number of aliphatic hydroxyl groups is 2. The fourth-order valence-electron chi connectivity index (χ4n) is 1.08. The maximum Gasteiger partial charge on any atom is 0.416 e. The van der Waals surface area contributed by atoms with Gasteiger partial charge in [0.1, 0.15) is 0 Å². The summed E-state index contributed by atoms with van der Waals surface area (Å²) in [5, 5.41) is 17.6. The number of hydrogen-bond donors (Lipinski definition) is 2. The van der Waals surface area contributed by atoms with Crippen molar-refractivity contribution in [3.8, 4) is 0 Å². The second-order valence-electron chi connectivity index (χ2n) is 3.25. The molecule has 6 heteroatoms. The van der Waals surface area contributed by atoms with E-state index in [1.54, 1.807) is 0 Å². The average Bonchev–Trinajstić information content (AvgIpc) is 2.14. The lowest BCUT2D eigenvalue weighted by atomic mass is 10.1. The van der Waals surface area contributed by atoms with Gasteiger partial charge in [0.25, 0.3) is 0 Å². The zero-order valence-electron chi connectivity index (χ0n) is 8.63. The number of ether oxygens (including phenoxy) is 1. The third-order valence-corrected chi connectivity index (χ3v) is 1.94. The standard InChI is InChI=1S/C9H17F3O3/c1-2-15-6-4-3-5-7(13)8(14)9(10,11)12/h7-8,13-14H,2-6H2,1H3/t7-,8+/m1/s1. The minimum atomic E-state index is -4.75. The molecule has 2 N–H and O–H groups in total. The molecule has 0 fully saturated rings. The second kappa shape index (κ2) is 7.03. The summed E-state index contributed by atoms with van der Waals surface area (Å²) < 4.78 is 40.7. The minimum Gasteiger partial charge on any atom is -0.390 e. The van der Waals surface area contributed by atoms with Gasteiger partial charge in [0.2, 0.25) is 0 Å². The quantitative estimate of drug-likeness (QED) is 0.651. The average molecular weight is 230 g/mol. The van der Waals surface area contributed by atoms with E-state index in [2.05, 4.69) is 0 Å². The molecule has 0 aliphatic carbocycles. The molecule has 0 radical (unpaired) electrons. The summed E-state index contributed by atoms with van der Waals surface area (Å²) in [7, 11) is 0. The van der Waals surface area contributed by atoms with Crippen molar-refractivity contribution >= 4 is 0 Å². The van der Waals surface area contributed by atoms with E-state index in [1.165, 1.54) is 0 Å². The van der Waals surface area contributed by atoms with Gasteiger partial charge < -0.3 is 14.9 Å². The molecule has 2 atom stereocenters. The van der Waals surface area contributed by atoms with Gasteiger partial charge in [-0.05, 0) is 26.2 Å². The largest absolute Gasteiger partial charge is 0.416 e. The molecule has 0 saturated heterocycles. The Morgan fingerprint density at radius 2 is 1.80 bits per heavy atom. The molecule has 0 aliphatic rings. The zero-order valence-corrected chi connectivity index (χ0v) is 8.63. The molecule has 0 aromatic carbocycles. The smallest absolute Gasteiger partial charge is 0.390 e. The first-order valence-corrected chi connectivity index (χ1v) is 4.90. The lowest BCUT2D eigenvalue weighted by Crippen LogP contribution is -2.39. The van der Waals surface area contributed by atoms with Crippen LogP contribution in [-0.2, 0) is 4.74 Å². The Kier molecular flexibility index (Phi) is 6.87. The summed E-state index contributed by atoms with van der Waals surface area (Å²) in [6.07, 6.45) is -8.24. The Morgan fingerprint density at radius 3 is 2.27 bits per heavy atom. The molecule has 0 saturated carbocycles. The van der Waals surface area contributed by atoms with Crippen LogP contribution in [0.3, 0.4) is 0 Å². The first kappa shape index (κ1) is 14.7. The van der Waals surface area contributed by atoms with Crippen molar-refractivity contribution < 1.29 is 28.1 Å². The number of unbranched alkanes of at least 4 members (excludes halogenated alkanes) is 1. The Balaban J connectivity index is 3.60. The first-order chi connectivity index (χ1) is 6.89. The number of rotatable bonds is 7. The normalized spacial score (nSPS) is 16.4. The fourth-order valence-corrected chi connectivity index (χ4v) is 1.08. The van der Waals surface area contributed by atoms with Crippen LogP contribution in [0.25, 0.3) is 0 Å². The molecule has 0 aliphatic heterocycles. The zero-order chi connectivity index (χ0) is 11.9. The molecule has 0 heterocycles. The number of hydrogen-bond acceptors (Lipinski definition) is 3. The maximum atomic E-state index is 11.9. The third-order valence-electron chi connectivity index (χ3n) is 1.94. The Bertz CT molecular complexity index is 161. The molecule has 0 aromatic heterocycles. The Labute approximate surface area is 86.9 Å². The highest BCUT2D eigenvalue weighted by molar-refractivity contribution is 4.74. The monoisotopic (exact) mass is 230 g/mol.